The van der Waals surface area contributed by atoms with Gasteiger partial charge in [0.2, 0.25) is 11.8 Å². The van der Waals surface area contributed by atoms with Gasteiger partial charge in [-0.1, -0.05) is 47.5 Å². The number of nitrogens with zero attached hydrogens (tertiary/aromatic N) is 2. The molecule has 0 aliphatic carbocycles. The van der Waals surface area contributed by atoms with Gasteiger partial charge in [0.15, 0.2) is 0 Å². The molecule has 2 amide bonds. The minimum absolute atomic E-state index is 0.0230. The Morgan fingerprint density at radius 3 is 1.42 bits per heavy atom. The number of anilines is 2. The molecular weight excluding hydrogens is 539 g/mol. The highest BCUT2D eigenvalue weighted by atomic mass is 35.5. The molecule has 0 radical (unpaired) electrons. The Morgan fingerprint density at radius 1 is 0.694 bits per heavy atom. The van der Waals surface area contributed by atoms with Gasteiger partial charge < -0.3 is 9.47 Å². The zero-order valence-corrected chi connectivity index (χ0v) is 22.6. The van der Waals surface area contributed by atoms with Crippen LogP contribution in [0.2, 0.25) is 10.0 Å². The van der Waals surface area contributed by atoms with Crippen LogP contribution >= 0.6 is 46.7 Å². The van der Waals surface area contributed by atoms with Gasteiger partial charge in [-0.25, -0.2) is 0 Å². The number of benzene rings is 3. The third-order valence-electron chi connectivity index (χ3n) is 6.07. The molecule has 36 heavy (non-hydrogen) atoms. The van der Waals surface area contributed by atoms with Crippen molar-refractivity contribution in [2.24, 2.45) is 0 Å². The molecule has 10 heteroatoms. The van der Waals surface area contributed by atoms with E-state index in [1.54, 1.807) is 71.8 Å². The zero-order valence-electron chi connectivity index (χ0n) is 19.4. The lowest BCUT2D eigenvalue weighted by atomic mass is 10.1. The summed E-state index contributed by atoms with van der Waals surface area (Å²) >= 11 is 15.8. The van der Waals surface area contributed by atoms with Crippen LogP contribution in [-0.4, -0.2) is 37.5 Å². The molecule has 186 valence electrons. The SMILES string of the molecule is COc1ccc(N2C(=O)CSC2c2ccc(C3SCC(=O)N3c3ccc(OC)c(Cl)c3)cc2)cc1Cl. The number of amides is 2. The summed E-state index contributed by atoms with van der Waals surface area (Å²) in [7, 11) is 3.12. The normalized spacial score (nSPS) is 19.8. The van der Waals surface area contributed by atoms with E-state index >= 15 is 0 Å². The summed E-state index contributed by atoms with van der Waals surface area (Å²) in [5, 5.41) is 0.557. The van der Waals surface area contributed by atoms with Crippen molar-refractivity contribution in [1.82, 2.24) is 0 Å². The zero-order chi connectivity index (χ0) is 25.4. The summed E-state index contributed by atoms with van der Waals surface area (Å²) in [6.07, 6.45) is 0. The minimum atomic E-state index is -0.176. The summed E-state index contributed by atoms with van der Waals surface area (Å²) < 4.78 is 10.5. The van der Waals surface area contributed by atoms with Crippen molar-refractivity contribution in [1.29, 1.82) is 0 Å². The van der Waals surface area contributed by atoms with Crippen LogP contribution in [0, 0.1) is 0 Å². The van der Waals surface area contributed by atoms with Gasteiger partial charge in [0.1, 0.15) is 22.2 Å². The van der Waals surface area contributed by atoms with E-state index in [2.05, 4.69) is 0 Å². The van der Waals surface area contributed by atoms with Gasteiger partial charge in [0, 0.05) is 11.4 Å². The first-order valence-electron chi connectivity index (χ1n) is 11.1. The van der Waals surface area contributed by atoms with Gasteiger partial charge in [0.25, 0.3) is 0 Å². The number of methoxy groups -OCH3 is 2. The molecule has 2 unspecified atom stereocenters. The van der Waals surface area contributed by atoms with E-state index in [4.69, 9.17) is 32.7 Å². The van der Waals surface area contributed by atoms with Crippen LogP contribution in [0.1, 0.15) is 21.9 Å². The summed E-state index contributed by atoms with van der Waals surface area (Å²) in [6, 6.07) is 18.8. The maximum absolute atomic E-state index is 12.8. The third-order valence-corrected chi connectivity index (χ3v) is 9.09. The lowest BCUT2D eigenvalue weighted by Crippen LogP contribution is -2.28. The van der Waals surface area contributed by atoms with Crippen molar-refractivity contribution >= 4 is 69.9 Å². The molecular formula is C26H22Cl2N2O4S2. The first-order chi connectivity index (χ1) is 17.4. The first-order valence-corrected chi connectivity index (χ1v) is 13.9. The Bertz CT molecular complexity index is 1220. The second-order valence-corrected chi connectivity index (χ2v) is 11.1. The quantitative estimate of drug-likeness (QED) is 0.340. The number of carbonyl (C=O) groups is 2. The lowest BCUT2D eigenvalue weighted by Gasteiger charge is -2.27. The second kappa shape index (κ2) is 10.5. The number of halogens is 2. The van der Waals surface area contributed by atoms with Crippen molar-refractivity contribution in [2.45, 2.75) is 10.7 Å². The Balaban J connectivity index is 1.41. The summed E-state index contributed by atoms with van der Waals surface area (Å²) in [4.78, 5) is 29.1. The van der Waals surface area contributed by atoms with Crippen LogP contribution < -0.4 is 19.3 Å². The van der Waals surface area contributed by atoms with Crippen molar-refractivity contribution in [2.75, 3.05) is 35.5 Å². The molecule has 2 heterocycles. The molecule has 0 bridgehead atoms. The Morgan fingerprint density at radius 2 is 1.08 bits per heavy atom. The fourth-order valence-electron chi connectivity index (χ4n) is 4.34. The second-order valence-electron chi connectivity index (χ2n) is 8.16. The number of hydrogen-bond donors (Lipinski definition) is 0. The van der Waals surface area contributed by atoms with Crippen molar-refractivity contribution < 1.29 is 19.1 Å². The number of rotatable bonds is 6. The standard InChI is InChI=1S/C26H22Cl2N2O4S2/c1-33-21-9-7-17(11-19(21)27)29-23(31)13-35-25(29)15-3-5-16(6-4-15)26-30(24(32)14-36-26)18-8-10-22(34-2)20(28)12-18/h3-12,25-26H,13-14H2,1-2H3. The number of ether oxygens (including phenoxy) is 2. The minimum Gasteiger partial charge on any atom is -0.495 e. The van der Waals surface area contributed by atoms with Crippen LogP contribution in [0.15, 0.2) is 60.7 Å². The van der Waals surface area contributed by atoms with Gasteiger partial charge in [-0.15, -0.1) is 23.5 Å². The molecule has 2 aliphatic heterocycles. The van der Waals surface area contributed by atoms with Gasteiger partial charge in [-0.05, 0) is 47.5 Å². The van der Waals surface area contributed by atoms with Gasteiger partial charge in [0.05, 0.1) is 35.8 Å². The first kappa shape index (κ1) is 25.1. The number of carbonyl (C=O) groups excluding carboxylic acids is 2. The average Bonchev–Trinajstić information content (AvgIpc) is 3.46. The summed E-state index contributed by atoms with van der Waals surface area (Å²) in [6.45, 7) is 0. The molecule has 0 N–H and O–H groups in total. The third kappa shape index (κ3) is 4.63. The van der Waals surface area contributed by atoms with Gasteiger partial charge in [-0.2, -0.15) is 0 Å². The molecule has 2 saturated heterocycles. The van der Waals surface area contributed by atoms with Crippen molar-refractivity contribution in [3.8, 4) is 11.5 Å². The predicted molar refractivity (Wildman–Crippen MR) is 148 cm³/mol. The molecule has 0 spiro atoms. The molecule has 0 aromatic heterocycles. The molecule has 3 aromatic rings. The topological polar surface area (TPSA) is 59.1 Å². The fourth-order valence-corrected chi connectivity index (χ4v) is 7.19. The van der Waals surface area contributed by atoms with Crippen LogP contribution in [0.3, 0.4) is 0 Å². The van der Waals surface area contributed by atoms with Gasteiger partial charge >= 0.3 is 0 Å². The van der Waals surface area contributed by atoms with Crippen molar-refractivity contribution in [3.05, 3.63) is 81.8 Å². The summed E-state index contributed by atoms with van der Waals surface area (Å²) in [5.41, 5.74) is 3.44. The smallest absolute Gasteiger partial charge is 0.238 e. The van der Waals surface area contributed by atoms with E-state index in [0.29, 0.717) is 33.0 Å². The van der Waals surface area contributed by atoms with E-state index in [1.807, 2.05) is 36.4 Å². The van der Waals surface area contributed by atoms with Crippen molar-refractivity contribution in [3.63, 3.8) is 0 Å². The van der Waals surface area contributed by atoms with Crippen LogP contribution in [0.25, 0.3) is 0 Å². The average molecular weight is 562 g/mol. The van der Waals surface area contributed by atoms with E-state index in [9.17, 15) is 9.59 Å². The van der Waals surface area contributed by atoms with Crippen LogP contribution in [0.5, 0.6) is 11.5 Å². The molecule has 2 fully saturated rings. The van der Waals surface area contributed by atoms with E-state index in [-0.39, 0.29) is 22.6 Å². The fraction of sp³-hybridized carbons (Fsp3) is 0.231. The molecule has 6 nitrogen and oxygen atoms in total. The molecule has 5 rings (SSSR count). The molecule has 3 aromatic carbocycles. The Kier molecular flexibility index (Phi) is 7.30. The predicted octanol–water partition coefficient (Wildman–Crippen LogP) is 6.57. The van der Waals surface area contributed by atoms with Crippen LogP contribution in [0.4, 0.5) is 11.4 Å². The highest BCUT2D eigenvalue weighted by Gasteiger charge is 2.36. The molecule has 2 atom stereocenters. The number of hydrogen-bond acceptors (Lipinski definition) is 6. The van der Waals surface area contributed by atoms with E-state index in [1.165, 1.54) is 0 Å². The number of thioether (sulfide) groups is 2. The lowest BCUT2D eigenvalue weighted by molar-refractivity contribution is -0.116. The maximum Gasteiger partial charge on any atom is 0.238 e. The Labute approximate surface area is 227 Å². The Hall–Kier alpha value is -2.52. The highest BCUT2D eigenvalue weighted by molar-refractivity contribution is 8.01. The largest absolute Gasteiger partial charge is 0.495 e. The van der Waals surface area contributed by atoms with E-state index in [0.717, 1.165) is 22.5 Å². The van der Waals surface area contributed by atoms with Crippen LogP contribution in [-0.2, 0) is 9.59 Å². The van der Waals surface area contributed by atoms with Gasteiger partial charge in [-0.3, -0.25) is 19.4 Å². The maximum atomic E-state index is 12.8. The molecule has 0 saturated carbocycles. The molecule has 2 aliphatic rings. The summed E-state index contributed by atoms with van der Waals surface area (Å²) in [5.74, 6) is 1.94. The highest BCUT2D eigenvalue weighted by Crippen LogP contribution is 2.46. The van der Waals surface area contributed by atoms with E-state index < -0.39 is 0 Å². The monoisotopic (exact) mass is 560 g/mol.